The molecule has 11 heavy (non-hydrogen) atoms. The number of hydrogen-bond acceptors (Lipinski definition) is 3. The van der Waals surface area contributed by atoms with E-state index >= 15 is 0 Å². The quantitative estimate of drug-likeness (QED) is 0.461. The number of non-ortho nitro benzene ring substituents is 1. The van der Waals surface area contributed by atoms with Crippen molar-refractivity contribution in [3.8, 4) is 0 Å². The summed E-state index contributed by atoms with van der Waals surface area (Å²) in [6.07, 6.45) is 0. The summed E-state index contributed by atoms with van der Waals surface area (Å²) in [5, 5.41) is 10.2. The minimum atomic E-state index is -0.446. The molecular formula is C6H4BrNO2S. The number of thiol groups is 1. The fourth-order valence-corrected chi connectivity index (χ4v) is 1.12. The topological polar surface area (TPSA) is 43.1 Å². The van der Waals surface area contributed by atoms with Crippen LogP contribution in [-0.2, 0) is 0 Å². The molecule has 0 aliphatic heterocycles. The Morgan fingerprint density at radius 1 is 1.55 bits per heavy atom. The summed E-state index contributed by atoms with van der Waals surface area (Å²) >= 11 is 7.18. The molecule has 0 aromatic heterocycles. The predicted molar refractivity (Wildman–Crippen MR) is 48.0 cm³/mol. The van der Waals surface area contributed by atoms with Crippen molar-refractivity contribution in [3.05, 3.63) is 32.8 Å². The highest BCUT2D eigenvalue weighted by Gasteiger charge is 2.05. The van der Waals surface area contributed by atoms with E-state index < -0.39 is 4.92 Å². The van der Waals surface area contributed by atoms with Crippen LogP contribution in [0.5, 0.6) is 0 Å². The van der Waals surface area contributed by atoms with Gasteiger partial charge in [0.2, 0.25) is 0 Å². The Balaban J connectivity index is 3.15. The first-order valence-electron chi connectivity index (χ1n) is 2.74. The van der Waals surface area contributed by atoms with E-state index in [1.54, 1.807) is 6.07 Å². The maximum Gasteiger partial charge on any atom is 0.270 e. The molecule has 0 fully saturated rings. The SMILES string of the molecule is O=[N+]([O-])c1ccc(S)c(Br)c1. The third-order valence-corrected chi connectivity index (χ3v) is 2.49. The standard InChI is InChI=1S/C6H4BrNO2S/c7-5-3-4(8(9)10)1-2-6(5)11/h1-3,11H. The molecule has 1 aromatic carbocycles. The second kappa shape index (κ2) is 3.23. The lowest BCUT2D eigenvalue weighted by Crippen LogP contribution is -1.86. The number of rotatable bonds is 1. The highest BCUT2D eigenvalue weighted by atomic mass is 79.9. The normalized spacial score (nSPS) is 9.64. The summed E-state index contributed by atoms with van der Waals surface area (Å²) in [4.78, 5) is 10.5. The van der Waals surface area contributed by atoms with E-state index in [4.69, 9.17) is 0 Å². The lowest BCUT2D eigenvalue weighted by molar-refractivity contribution is -0.385. The van der Waals surface area contributed by atoms with Gasteiger partial charge in [-0.05, 0) is 22.0 Å². The highest BCUT2D eigenvalue weighted by molar-refractivity contribution is 9.10. The molecule has 0 atom stereocenters. The van der Waals surface area contributed by atoms with Crippen LogP contribution in [0.15, 0.2) is 27.6 Å². The van der Waals surface area contributed by atoms with E-state index in [-0.39, 0.29) is 5.69 Å². The van der Waals surface area contributed by atoms with Crippen molar-refractivity contribution in [2.24, 2.45) is 0 Å². The van der Waals surface area contributed by atoms with Crippen LogP contribution in [0.3, 0.4) is 0 Å². The van der Waals surface area contributed by atoms with E-state index in [1.165, 1.54) is 12.1 Å². The molecular weight excluding hydrogens is 230 g/mol. The first kappa shape index (κ1) is 8.55. The van der Waals surface area contributed by atoms with Gasteiger partial charge in [-0.3, -0.25) is 10.1 Å². The van der Waals surface area contributed by atoms with Gasteiger partial charge in [0.05, 0.1) is 4.92 Å². The molecule has 0 unspecified atom stereocenters. The lowest BCUT2D eigenvalue weighted by atomic mass is 10.3. The highest BCUT2D eigenvalue weighted by Crippen LogP contribution is 2.24. The minimum Gasteiger partial charge on any atom is -0.258 e. The van der Waals surface area contributed by atoms with Crippen molar-refractivity contribution >= 4 is 34.2 Å². The molecule has 58 valence electrons. The number of benzene rings is 1. The van der Waals surface area contributed by atoms with E-state index in [0.717, 1.165) is 0 Å². The zero-order valence-corrected chi connectivity index (χ0v) is 7.80. The predicted octanol–water partition coefficient (Wildman–Crippen LogP) is 2.65. The summed E-state index contributed by atoms with van der Waals surface area (Å²) in [6.45, 7) is 0. The molecule has 1 aromatic rings. The van der Waals surface area contributed by atoms with E-state index in [1.807, 2.05) is 0 Å². The maximum absolute atomic E-state index is 10.2. The summed E-state index contributed by atoms with van der Waals surface area (Å²) < 4.78 is 0.634. The molecule has 3 nitrogen and oxygen atoms in total. The van der Waals surface area contributed by atoms with Gasteiger partial charge in [-0.25, -0.2) is 0 Å². The molecule has 0 amide bonds. The van der Waals surface area contributed by atoms with Gasteiger partial charge in [-0.15, -0.1) is 12.6 Å². The van der Waals surface area contributed by atoms with Crippen molar-refractivity contribution in [2.75, 3.05) is 0 Å². The van der Waals surface area contributed by atoms with Crippen molar-refractivity contribution in [1.82, 2.24) is 0 Å². The van der Waals surface area contributed by atoms with E-state index in [0.29, 0.717) is 9.37 Å². The molecule has 0 aliphatic rings. The van der Waals surface area contributed by atoms with Gasteiger partial charge >= 0.3 is 0 Å². The molecule has 0 heterocycles. The molecule has 0 bridgehead atoms. The van der Waals surface area contributed by atoms with Gasteiger partial charge in [0, 0.05) is 21.5 Å². The zero-order chi connectivity index (χ0) is 8.43. The molecule has 1 rings (SSSR count). The van der Waals surface area contributed by atoms with Crippen LogP contribution in [-0.4, -0.2) is 4.92 Å². The average molecular weight is 234 g/mol. The Labute approximate surface area is 77.1 Å². The molecule has 0 aliphatic carbocycles. The number of nitro benzene ring substituents is 1. The van der Waals surface area contributed by atoms with E-state index in [9.17, 15) is 10.1 Å². The van der Waals surface area contributed by atoms with Crippen LogP contribution in [0.25, 0.3) is 0 Å². The first-order chi connectivity index (χ1) is 5.11. The number of halogens is 1. The number of nitrogens with zero attached hydrogens (tertiary/aromatic N) is 1. The van der Waals surface area contributed by atoms with Gasteiger partial charge in [0.1, 0.15) is 0 Å². The summed E-state index contributed by atoms with van der Waals surface area (Å²) in [5.41, 5.74) is 0.0645. The first-order valence-corrected chi connectivity index (χ1v) is 3.98. The minimum absolute atomic E-state index is 0.0645. The van der Waals surface area contributed by atoms with Crippen LogP contribution in [0.2, 0.25) is 0 Å². The summed E-state index contributed by atoms with van der Waals surface area (Å²) in [6, 6.07) is 4.40. The third-order valence-electron chi connectivity index (χ3n) is 1.14. The Kier molecular flexibility index (Phi) is 2.51. The Hall–Kier alpha value is -0.550. The van der Waals surface area contributed by atoms with Crippen LogP contribution in [0, 0.1) is 10.1 Å². The van der Waals surface area contributed by atoms with Crippen LogP contribution >= 0.6 is 28.6 Å². The zero-order valence-electron chi connectivity index (χ0n) is 5.32. The van der Waals surface area contributed by atoms with Crippen molar-refractivity contribution in [2.45, 2.75) is 4.90 Å². The van der Waals surface area contributed by atoms with Gasteiger partial charge in [0.25, 0.3) is 5.69 Å². The Bertz CT molecular complexity index is 303. The second-order valence-corrected chi connectivity index (χ2v) is 3.23. The van der Waals surface area contributed by atoms with Gasteiger partial charge in [0.15, 0.2) is 0 Å². The van der Waals surface area contributed by atoms with Gasteiger partial charge in [-0.1, -0.05) is 0 Å². The molecule has 0 spiro atoms. The van der Waals surface area contributed by atoms with Crippen molar-refractivity contribution in [1.29, 1.82) is 0 Å². The number of hydrogen-bond donors (Lipinski definition) is 1. The molecule has 0 saturated heterocycles. The summed E-state index contributed by atoms with van der Waals surface area (Å²) in [5.74, 6) is 0. The maximum atomic E-state index is 10.2. The van der Waals surface area contributed by atoms with Crippen molar-refractivity contribution < 1.29 is 4.92 Å². The number of nitro groups is 1. The largest absolute Gasteiger partial charge is 0.270 e. The molecule has 0 radical (unpaired) electrons. The van der Waals surface area contributed by atoms with Gasteiger partial charge in [-0.2, -0.15) is 0 Å². The lowest BCUT2D eigenvalue weighted by Gasteiger charge is -1.94. The van der Waals surface area contributed by atoms with Crippen LogP contribution in [0.4, 0.5) is 5.69 Å². The fourth-order valence-electron chi connectivity index (χ4n) is 0.609. The molecule has 5 heteroatoms. The molecule has 0 saturated carbocycles. The molecule has 0 N–H and O–H groups in total. The smallest absolute Gasteiger partial charge is 0.258 e. The van der Waals surface area contributed by atoms with Gasteiger partial charge < -0.3 is 0 Å². The van der Waals surface area contributed by atoms with Crippen LogP contribution < -0.4 is 0 Å². The Morgan fingerprint density at radius 2 is 2.18 bits per heavy atom. The Morgan fingerprint density at radius 3 is 2.64 bits per heavy atom. The van der Waals surface area contributed by atoms with E-state index in [2.05, 4.69) is 28.6 Å². The summed E-state index contributed by atoms with van der Waals surface area (Å²) in [7, 11) is 0. The average Bonchev–Trinajstić information content (AvgIpc) is 1.94. The second-order valence-electron chi connectivity index (χ2n) is 1.89. The third kappa shape index (κ3) is 1.94. The monoisotopic (exact) mass is 233 g/mol. The van der Waals surface area contributed by atoms with Crippen LogP contribution in [0.1, 0.15) is 0 Å². The fraction of sp³-hybridized carbons (Fsp3) is 0. The van der Waals surface area contributed by atoms with Crippen molar-refractivity contribution in [3.63, 3.8) is 0 Å².